The number of aromatic nitrogens is 6. The molecule has 0 saturated heterocycles. The predicted octanol–water partition coefficient (Wildman–Crippen LogP) is 2.51. The summed E-state index contributed by atoms with van der Waals surface area (Å²) in [6.45, 7) is 3.98. The quantitative estimate of drug-likeness (QED) is 0.482. The molecule has 0 spiro atoms. The maximum atomic E-state index is 12.7. The molecule has 0 aliphatic carbocycles. The summed E-state index contributed by atoms with van der Waals surface area (Å²) in [5, 5.41) is 17.7. The van der Waals surface area contributed by atoms with Gasteiger partial charge in [0.1, 0.15) is 16.9 Å². The number of hydrogen-bond donors (Lipinski definition) is 2. The second kappa shape index (κ2) is 7.30. The number of aromatic carboxylic acids is 1. The number of fused-ring (bicyclic) bond motifs is 1. The molecule has 0 aliphatic rings. The highest BCUT2D eigenvalue weighted by Crippen LogP contribution is 2.28. The minimum absolute atomic E-state index is 0.0214. The summed E-state index contributed by atoms with van der Waals surface area (Å²) in [6.07, 6.45) is 3.89. The Hall–Kier alpha value is -3.66. The van der Waals surface area contributed by atoms with Crippen molar-refractivity contribution in [1.82, 2.24) is 29.5 Å². The first-order valence-electron chi connectivity index (χ1n) is 8.91. The van der Waals surface area contributed by atoms with Crippen molar-refractivity contribution < 1.29 is 14.6 Å². The monoisotopic (exact) mass is 428 g/mol. The molecule has 3 aromatic heterocycles. The number of carbonyl (C=O) groups is 1. The Labute approximate surface area is 174 Å². The third-order valence-corrected chi connectivity index (χ3v) is 4.60. The summed E-state index contributed by atoms with van der Waals surface area (Å²) in [7, 11) is 0. The van der Waals surface area contributed by atoms with Gasteiger partial charge in [-0.15, -0.1) is 0 Å². The van der Waals surface area contributed by atoms with E-state index in [0.29, 0.717) is 16.3 Å². The highest BCUT2D eigenvalue weighted by Gasteiger charge is 2.24. The number of carboxylic acid groups (broad SMARTS) is 1. The lowest BCUT2D eigenvalue weighted by Crippen LogP contribution is -2.35. The van der Waals surface area contributed by atoms with Crippen molar-refractivity contribution in [3.8, 4) is 11.7 Å². The molecule has 3 heterocycles. The number of rotatable bonds is 6. The molecule has 0 fully saturated rings. The van der Waals surface area contributed by atoms with Crippen LogP contribution in [-0.2, 0) is 6.54 Å². The van der Waals surface area contributed by atoms with Gasteiger partial charge in [0.05, 0.1) is 29.5 Å². The van der Waals surface area contributed by atoms with Crippen LogP contribution in [0.15, 0.2) is 47.7 Å². The average molecular weight is 429 g/mol. The fraction of sp³-hybridized carbons (Fsp3) is 0.211. The van der Waals surface area contributed by atoms with Gasteiger partial charge in [-0.2, -0.15) is 10.2 Å². The van der Waals surface area contributed by atoms with Gasteiger partial charge in [-0.3, -0.25) is 14.5 Å². The zero-order chi connectivity index (χ0) is 21.5. The number of H-pyrrole nitrogens is 1. The number of halogens is 1. The van der Waals surface area contributed by atoms with Crippen molar-refractivity contribution >= 4 is 28.6 Å². The number of carboxylic acids is 1. The molecule has 0 amide bonds. The Morgan fingerprint density at radius 2 is 2.03 bits per heavy atom. The summed E-state index contributed by atoms with van der Waals surface area (Å²) in [5.41, 5.74) is -0.580. The number of aromatic amines is 1. The van der Waals surface area contributed by atoms with E-state index < -0.39 is 17.1 Å². The molecule has 4 rings (SSSR count). The predicted molar refractivity (Wildman–Crippen MR) is 108 cm³/mol. The van der Waals surface area contributed by atoms with Crippen LogP contribution < -0.4 is 10.3 Å². The zero-order valence-electron chi connectivity index (χ0n) is 16.0. The normalized spacial score (nSPS) is 11.7. The third-order valence-electron chi connectivity index (χ3n) is 4.29. The van der Waals surface area contributed by atoms with Crippen molar-refractivity contribution in [2.24, 2.45) is 0 Å². The van der Waals surface area contributed by atoms with Gasteiger partial charge < -0.3 is 9.84 Å². The summed E-state index contributed by atoms with van der Waals surface area (Å²) in [4.78, 5) is 30.7. The van der Waals surface area contributed by atoms with E-state index in [1.807, 2.05) is 26.0 Å². The van der Waals surface area contributed by atoms with Crippen LogP contribution in [0.25, 0.3) is 17.0 Å². The van der Waals surface area contributed by atoms with Gasteiger partial charge in [-0.05, 0) is 26.0 Å². The van der Waals surface area contributed by atoms with Crippen LogP contribution in [0.5, 0.6) is 5.75 Å². The summed E-state index contributed by atoms with van der Waals surface area (Å²) in [6, 6.07) is 7.13. The molecule has 2 N–H and O–H groups in total. The lowest BCUT2D eigenvalue weighted by atomic mass is 10.1. The van der Waals surface area contributed by atoms with E-state index in [-0.39, 0.29) is 23.6 Å². The van der Waals surface area contributed by atoms with E-state index in [1.54, 1.807) is 12.1 Å². The molecule has 11 heteroatoms. The zero-order valence-corrected chi connectivity index (χ0v) is 16.8. The van der Waals surface area contributed by atoms with Gasteiger partial charge >= 0.3 is 5.97 Å². The standard InChI is InChI=1S/C19H17ClN6O4/c1-19(2,30-14-6-4-3-5-12(14)20)10-26-15-13(8-22-26)23-18(24-16(15)27)25-9-11(7-21-25)17(28)29/h3-9H,10H2,1-2H3,(H,28,29)(H,23,24,27). The largest absolute Gasteiger partial charge is 0.484 e. The summed E-state index contributed by atoms with van der Waals surface area (Å²) < 4.78 is 8.71. The molecular formula is C19H17ClN6O4. The van der Waals surface area contributed by atoms with Crippen molar-refractivity contribution in [1.29, 1.82) is 0 Å². The highest BCUT2D eigenvalue weighted by atomic mass is 35.5. The van der Waals surface area contributed by atoms with Crippen molar-refractivity contribution in [2.75, 3.05) is 0 Å². The number of para-hydroxylation sites is 1. The third kappa shape index (κ3) is 3.77. The second-order valence-electron chi connectivity index (χ2n) is 7.20. The first-order valence-corrected chi connectivity index (χ1v) is 9.29. The Bertz CT molecular complexity index is 1310. The molecule has 0 bridgehead atoms. The van der Waals surface area contributed by atoms with Gasteiger partial charge in [0.15, 0.2) is 5.52 Å². The molecule has 1 aromatic carbocycles. The Morgan fingerprint density at radius 3 is 2.73 bits per heavy atom. The van der Waals surface area contributed by atoms with Crippen LogP contribution in [0.1, 0.15) is 24.2 Å². The molecule has 30 heavy (non-hydrogen) atoms. The molecular weight excluding hydrogens is 412 g/mol. The van der Waals surface area contributed by atoms with Crippen LogP contribution >= 0.6 is 11.6 Å². The van der Waals surface area contributed by atoms with Gasteiger partial charge in [-0.1, -0.05) is 23.7 Å². The first kappa shape index (κ1) is 19.6. The smallest absolute Gasteiger partial charge is 0.338 e. The SMILES string of the molecule is CC(C)(Cn1ncc2nc(-n3cc(C(=O)O)cn3)[nH]c(=O)c21)Oc1ccccc1Cl. The maximum absolute atomic E-state index is 12.7. The van der Waals surface area contributed by atoms with Gasteiger partial charge in [0.2, 0.25) is 5.95 Å². The first-order chi connectivity index (χ1) is 14.2. The van der Waals surface area contributed by atoms with E-state index in [9.17, 15) is 9.59 Å². The topological polar surface area (TPSA) is 128 Å². The second-order valence-corrected chi connectivity index (χ2v) is 7.60. The maximum Gasteiger partial charge on any atom is 0.338 e. The number of nitrogens with one attached hydrogen (secondary N) is 1. The summed E-state index contributed by atoms with van der Waals surface area (Å²) >= 11 is 6.17. The van der Waals surface area contributed by atoms with Gasteiger partial charge in [0, 0.05) is 6.20 Å². The Morgan fingerprint density at radius 1 is 1.27 bits per heavy atom. The minimum atomic E-state index is -1.13. The van der Waals surface area contributed by atoms with Crippen molar-refractivity contribution in [3.05, 3.63) is 63.8 Å². The lowest BCUT2D eigenvalue weighted by Gasteiger charge is -2.27. The average Bonchev–Trinajstić information content (AvgIpc) is 3.31. The molecule has 0 aliphatic heterocycles. The molecule has 0 atom stereocenters. The molecule has 4 aromatic rings. The fourth-order valence-electron chi connectivity index (χ4n) is 2.99. The Kier molecular flexibility index (Phi) is 4.78. The molecule has 154 valence electrons. The minimum Gasteiger partial charge on any atom is -0.484 e. The molecule has 0 radical (unpaired) electrons. The van der Waals surface area contributed by atoms with E-state index in [0.717, 1.165) is 0 Å². The molecule has 0 saturated carbocycles. The van der Waals surface area contributed by atoms with E-state index in [4.69, 9.17) is 21.4 Å². The van der Waals surface area contributed by atoms with E-state index in [1.165, 1.54) is 28.0 Å². The molecule has 0 unspecified atom stereocenters. The van der Waals surface area contributed by atoms with Crippen LogP contribution in [0.4, 0.5) is 0 Å². The van der Waals surface area contributed by atoms with Gasteiger partial charge in [-0.25, -0.2) is 14.5 Å². The van der Waals surface area contributed by atoms with Crippen LogP contribution in [0.2, 0.25) is 5.02 Å². The number of hydrogen-bond acceptors (Lipinski definition) is 6. The van der Waals surface area contributed by atoms with Crippen molar-refractivity contribution in [2.45, 2.75) is 26.0 Å². The number of benzene rings is 1. The lowest BCUT2D eigenvalue weighted by molar-refractivity contribution is 0.0696. The Balaban J connectivity index is 1.65. The van der Waals surface area contributed by atoms with Crippen LogP contribution in [0, 0.1) is 0 Å². The van der Waals surface area contributed by atoms with Gasteiger partial charge in [0.25, 0.3) is 5.56 Å². The van der Waals surface area contributed by atoms with E-state index in [2.05, 4.69) is 20.2 Å². The van der Waals surface area contributed by atoms with Crippen LogP contribution in [0.3, 0.4) is 0 Å². The van der Waals surface area contributed by atoms with Crippen molar-refractivity contribution in [3.63, 3.8) is 0 Å². The molecule has 10 nitrogen and oxygen atoms in total. The van der Waals surface area contributed by atoms with Crippen LogP contribution in [-0.4, -0.2) is 46.2 Å². The number of nitrogens with zero attached hydrogens (tertiary/aromatic N) is 5. The fourth-order valence-corrected chi connectivity index (χ4v) is 3.16. The number of ether oxygens (including phenoxy) is 1. The summed E-state index contributed by atoms with van der Waals surface area (Å²) in [5.74, 6) is -0.507. The van der Waals surface area contributed by atoms with E-state index >= 15 is 0 Å². The highest BCUT2D eigenvalue weighted by molar-refractivity contribution is 6.32.